The van der Waals surface area contributed by atoms with Crippen LogP contribution in [0.4, 0.5) is 0 Å². The molecule has 0 amide bonds. The van der Waals surface area contributed by atoms with Gasteiger partial charge in [-0.2, -0.15) is 0 Å². The third kappa shape index (κ3) is 6.24. The van der Waals surface area contributed by atoms with Gasteiger partial charge in [-0.15, -0.1) is 0 Å². The molecule has 3 nitrogen and oxygen atoms in total. The molecule has 0 radical (unpaired) electrons. The van der Waals surface area contributed by atoms with Crippen LogP contribution >= 0.6 is 0 Å². The zero-order chi connectivity index (χ0) is 14.1. The summed E-state index contributed by atoms with van der Waals surface area (Å²) >= 11 is 0. The summed E-state index contributed by atoms with van der Waals surface area (Å²) in [6, 6.07) is 0.773. The van der Waals surface area contributed by atoms with Crippen molar-refractivity contribution in [3.05, 3.63) is 0 Å². The topological polar surface area (TPSA) is 18.5 Å². The van der Waals surface area contributed by atoms with Crippen molar-refractivity contribution in [1.82, 2.24) is 15.1 Å². The molecule has 0 aromatic carbocycles. The Morgan fingerprint density at radius 1 is 0.947 bits per heavy atom. The monoisotopic (exact) mass is 269 g/mol. The lowest BCUT2D eigenvalue weighted by Gasteiger charge is -2.34. The molecule has 19 heavy (non-hydrogen) atoms. The van der Waals surface area contributed by atoms with Crippen LogP contribution in [0.15, 0.2) is 0 Å². The van der Waals surface area contributed by atoms with E-state index in [-0.39, 0.29) is 0 Å². The van der Waals surface area contributed by atoms with Crippen LogP contribution in [0, 0.1) is 5.92 Å². The smallest absolute Gasteiger partial charge is 0.00884 e. The highest BCUT2D eigenvalue weighted by Crippen LogP contribution is 2.20. The van der Waals surface area contributed by atoms with Gasteiger partial charge in [0.15, 0.2) is 0 Å². The average molecular weight is 269 g/mol. The molecule has 0 bridgehead atoms. The Hall–Kier alpha value is -0.120. The highest BCUT2D eigenvalue weighted by Gasteiger charge is 2.20. The molecule has 0 unspecified atom stereocenters. The molecular formula is C16H35N3. The lowest BCUT2D eigenvalue weighted by Crippen LogP contribution is -2.42. The molecule has 3 heteroatoms. The van der Waals surface area contributed by atoms with E-state index >= 15 is 0 Å². The van der Waals surface area contributed by atoms with Crippen molar-refractivity contribution >= 4 is 0 Å². The van der Waals surface area contributed by atoms with Crippen molar-refractivity contribution in [3.8, 4) is 0 Å². The van der Waals surface area contributed by atoms with Crippen molar-refractivity contribution < 1.29 is 0 Å². The van der Waals surface area contributed by atoms with Crippen LogP contribution in [0.5, 0.6) is 0 Å². The van der Waals surface area contributed by atoms with Crippen LogP contribution in [-0.4, -0.2) is 62.7 Å². The summed E-state index contributed by atoms with van der Waals surface area (Å²) in [5.74, 6) is 0.994. The van der Waals surface area contributed by atoms with Crippen molar-refractivity contribution in [1.29, 1.82) is 0 Å². The first kappa shape index (κ1) is 16.9. The molecule has 2 aliphatic heterocycles. The maximum atomic E-state index is 3.40. The second kappa shape index (κ2) is 9.73. The molecule has 1 N–H and O–H groups in total. The molecular weight excluding hydrogens is 234 g/mol. The third-order valence-electron chi connectivity index (χ3n) is 4.69. The molecule has 2 fully saturated rings. The highest BCUT2D eigenvalue weighted by molar-refractivity contribution is 4.77. The lowest BCUT2D eigenvalue weighted by atomic mass is 9.93. The molecule has 0 atom stereocenters. The first-order valence-corrected chi connectivity index (χ1v) is 8.36. The minimum atomic E-state index is 0.773. The number of likely N-dealkylation sites (tertiary alicyclic amines) is 2. The first-order chi connectivity index (χ1) is 9.28. The number of hydrogen-bond acceptors (Lipinski definition) is 3. The van der Waals surface area contributed by atoms with E-state index < -0.39 is 0 Å². The van der Waals surface area contributed by atoms with Crippen molar-refractivity contribution in [3.63, 3.8) is 0 Å². The van der Waals surface area contributed by atoms with Crippen LogP contribution < -0.4 is 5.32 Å². The van der Waals surface area contributed by atoms with Gasteiger partial charge >= 0.3 is 0 Å². The van der Waals surface area contributed by atoms with E-state index in [0.29, 0.717) is 0 Å². The lowest BCUT2D eigenvalue weighted by molar-refractivity contribution is 0.163. The number of piperidine rings is 2. The third-order valence-corrected chi connectivity index (χ3v) is 4.69. The number of hydrogen-bond donors (Lipinski definition) is 1. The molecule has 2 saturated heterocycles. The molecule has 0 aromatic rings. The van der Waals surface area contributed by atoms with Gasteiger partial charge in [0.2, 0.25) is 0 Å². The average Bonchev–Trinajstić information content (AvgIpc) is 2.49. The molecule has 0 saturated carbocycles. The van der Waals surface area contributed by atoms with Gasteiger partial charge in [0.05, 0.1) is 0 Å². The number of rotatable bonds is 4. The van der Waals surface area contributed by atoms with E-state index in [9.17, 15) is 0 Å². The Morgan fingerprint density at radius 2 is 1.53 bits per heavy atom. The van der Waals surface area contributed by atoms with Crippen LogP contribution in [0.3, 0.4) is 0 Å². The van der Waals surface area contributed by atoms with E-state index in [1.54, 1.807) is 0 Å². The van der Waals surface area contributed by atoms with Gasteiger partial charge in [-0.05, 0) is 84.8 Å². The first-order valence-electron chi connectivity index (χ1n) is 8.36. The fourth-order valence-electron chi connectivity index (χ4n) is 3.16. The highest BCUT2D eigenvalue weighted by atomic mass is 15.1. The van der Waals surface area contributed by atoms with E-state index in [0.717, 1.165) is 12.0 Å². The van der Waals surface area contributed by atoms with Crippen molar-refractivity contribution in [2.45, 2.75) is 52.0 Å². The molecule has 2 aliphatic rings. The molecule has 2 heterocycles. The Morgan fingerprint density at radius 3 is 2.05 bits per heavy atom. The number of nitrogens with zero attached hydrogens (tertiary/aromatic N) is 2. The van der Waals surface area contributed by atoms with Crippen molar-refractivity contribution in [2.75, 3.05) is 46.8 Å². The molecule has 2 rings (SSSR count). The van der Waals surface area contributed by atoms with Gasteiger partial charge < -0.3 is 15.1 Å². The van der Waals surface area contributed by atoms with E-state index in [4.69, 9.17) is 0 Å². The number of nitrogens with one attached hydrogen (secondary N) is 1. The second-order valence-corrected chi connectivity index (χ2v) is 5.94. The minimum absolute atomic E-state index is 0.773. The van der Waals surface area contributed by atoms with Crippen molar-refractivity contribution in [2.24, 2.45) is 5.92 Å². The van der Waals surface area contributed by atoms with Crippen LogP contribution in [-0.2, 0) is 0 Å². The van der Waals surface area contributed by atoms with Gasteiger partial charge in [-0.25, -0.2) is 0 Å². The molecule has 0 spiro atoms. The summed E-state index contributed by atoms with van der Waals surface area (Å²) in [6.45, 7) is 10.6. The van der Waals surface area contributed by atoms with Crippen LogP contribution in [0.2, 0.25) is 0 Å². The summed E-state index contributed by atoms with van der Waals surface area (Å²) in [4.78, 5) is 5.14. The predicted molar refractivity (Wildman–Crippen MR) is 84.7 cm³/mol. The maximum Gasteiger partial charge on any atom is 0.00884 e. The van der Waals surface area contributed by atoms with Gasteiger partial charge in [0, 0.05) is 6.04 Å². The van der Waals surface area contributed by atoms with Crippen LogP contribution in [0.25, 0.3) is 0 Å². The standard InChI is InChI=1S/C14H29N3.C2H6/c1-15-14-6-11-17(12-7-14)10-5-13-3-8-16(2)9-4-13;1-2/h13-15H,3-12H2,1-2H3;1-2H3. The zero-order valence-electron chi connectivity index (χ0n) is 13.6. The fraction of sp³-hybridized carbons (Fsp3) is 1.00. The predicted octanol–water partition coefficient (Wildman–Crippen LogP) is 2.43. The van der Waals surface area contributed by atoms with E-state index in [1.165, 1.54) is 64.8 Å². The minimum Gasteiger partial charge on any atom is -0.317 e. The van der Waals surface area contributed by atoms with E-state index in [2.05, 4.69) is 29.2 Å². The Kier molecular flexibility index (Phi) is 8.67. The van der Waals surface area contributed by atoms with Gasteiger partial charge in [-0.3, -0.25) is 0 Å². The Labute approximate surface area is 120 Å². The SMILES string of the molecule is CC.CNC1CCN(CCC2CCN(C)CC2)CC1. The van der Waals surface area contributed by atoms with E-state index in [1.807, 2.05) is 13.8 Å². The summed E-state index contributed by atoms with van der Waals surface area (Å²) < 4.78 is 0. The zero-order valence-corrected chi connectivity index (χ0v) is 13.6. The summed E-state index contributed by atoms with van der Waals surface area (Å²) in [7, 11) is 4.34. The molecule has 114 valence electrons. The van der Waals surface area contributed by atoms with Gasteiger partial charge in [-0.1, -0.05) is 13.8 Å². The Balaban J connectivity index is 0.000000861. The van der Waals surface area contributed by atoms with Gasteiger partial charge in [0.1, 0.15) is 0 Å². The fourth-order valence-corrected chi connectivity index (χ4v) is 3.16. The molecule has 0 aromatic heterocycles. The summed E-state index contributed by atoms with van der Waals surface area (Å²) in [6.07, 6.45) is 6.94. The van der Waals surface area contributed by atoms with Crippen LogP contribution in [0.1, 0.15) is 46.0 Å². The largest absolute Gasteiger partial charge is 0.317 e. The quantitative estimate of drug-likeness (QED) is 0.845. The summed E-state index contributed by atoms with van der Waals surface area (Å²) in [5, 5.41) is 3.40. The maximum absolute atomic E-state index is 3.40. The van der Waals surface area contributed by atoms with Gasteiger partial charge in [0.25, 0.3) is 0 Å². The Bertz CT molecular complexity index is 204. The normalized spacial score (nSPS) is 24.0. The summed E-state index contributed by atoms with van der Waals surface area (Å²) in [5.41, 5.74) is 0. The molecule has 0 aliphatic carbocycles. The second-order valence-electron chi connectivity index (χ2n) is 5.94.